The molecule has 1 fully saturated rings. The highest BCUT2D eigenvalue weighted by molar-refractivity contribution is 9.10. The molecule has 82 valence electrons. The summed E-state index contributed by atoms with van der Waals surface area (Å²) in [6.45, 7) is 2.52. The van der Waals surface area contributed by atoms with Crippen molar-refractivity contribution in [3.8, 4) is 0 Å². The fourth-order valence-corrected chi connectivity index (χ4v) is 2.43. The lowest BCUT2D eigenvalue weighted by molar-refractivity contribution is 0.0691. The van der Waals surface area contributed by atoms with E-state index in [1.807, 2.05) is 11.8 Å². The minimum absolute atomic E-state index is 0.0803. The second-order valence-corrected chi connectivity index (χ2v) is 5.23. The Morgan fingerprint density at radius 3 is 3.07 bits per heavy atom. The standard InChI is InChI=1S/C9H11BrN2O2S/c1-5-7(10)9(13)12-8(11-5)6-4-15-3-2-14-6/h6H,2-4H2,1H3,(H,11,12,13). The predicted octanol–water partition coefficient (Wildman–Crippen LogP) is 1.65. The molecule has 0 bridgehead atoms. The van der Waals surface area contributed by atoms with E-state index in [0.717, 1.165) is 11.5 Å². The summed E-state index contributed by atoms with van der Waals surface area (Å²) in [7, 11) is 0. The van der Waals surface area contributed by atoms with Gasteiger partial charge < -0.3 is 9.72 Å². The van der Waals surface area contributed by atoms with E-state index in [4.69, 9.17) is 4.74 Å². The molecule has 0 aromatic carbocycles. The number of hydrogen-bond acceptors (Lipinski definition) is 4. The number of aromatic amines is 1. The van der Waals surface area contributed by atoms with Gasteiger partial charge in [-0.15, -0.1) is 0 Å². The lowest BCUT2D eigenvalue weighted by Gasteiger charge is -2.21. The number of rotatable bonds is 1. The van der Waals surface area contributed by atoms with Crippen LogP contribution in [0.15, 0.2) is 9.27 Å². The first-order valence-corrected chi connectivity index (χ1v) is 6.59. The quantitative estimate of drug-likeness (QED) is 0.854. The zero-order chi connectivity index (χ0) is 10.8. The molecule has 1 saturated heterocycles. The molecule has 0 saturated carbocycles. The van der Waals surface area contributed by atoms with E-state index in [1.165, 1.54) is 0 Å². The van der Waals surface area contributed by atoms with Crippen molar-refractivity contribution < 1.29 is 4.74 Å². The summed E-state index contributed by atoms with van der Waals surface area (Å²) in [4.78, 5) is 18.5. The summed E-state index contributed by atoms with van der Waals surface area (Å²) in [6, 6.07) is 0. The Morgan fingerprint density at radius 1 is 1.67 bits per heavy atom. The van der Waals surface area contributed by atoms with Gasteiger partial charge in [0.1, 0.15) is 16.4 Å². The van der Waals surface area contributed by atoms with Gasteiger partial charge in [0, 0.05) is 11.5 Å². The molecule has 4 nitrogen and oxygen atoms in total. The van der Waals surface area contributed by atoms with E-state index >= 15 is 0 Å². The first-order valence-electron chi connectivity index (χ1n) is 4.64. The Morgan fingerprint density at radius 2 is 2.47 bits per heavy atom. The second kappa shape index (κ2) is 4.67. The molecule has 0 amide bonds. The molecular formula is C9H11BrN2O2S. The largest absolute Gasteiger partial charge is 0.369 e. The van der Waals surface area contributed by atoms with E-state index in [2.05, 4.69) is 25.9 Å². The third-order valence-electron chi connectivity index (χ3n) is 2.17. The van der Waals surface area contributed by atoms with Crippen LogP contribution in [0.4, 0.5) is 0 Å². The van der Waals surface area contributed by atoms with Crippen LogP contribution in [-0.2, 0) is 4.74 Å². The van der Waals surface area contributed by atoms with Crippen LogP contribution >= 0.6 is 27.7 Å². The second-order valence-electron chi connectivity index (χ2n) is 3.28. The molecule has 1 atom stereocenters. The third kappa shape index (κ3) is 2.43. The van der Waals surface area contributed by atoms with Crippen LogP contribution in [0.5, 0.6) is 0 Å². The van der Waals surface area contributed by atoms with Crippen LogP contribution in [0.3, 0.4) is 0 Å². The minimum atomic E-state index is -0.142. The van der Waals surface area contributed by atoms with Gasteiger partial charge in [-0.3, -0.25) is 4.79 Å². The lowest BCUT2D eigenvalue weighted by atomic mass is 10.3. The maximum absolute atomic E-state index is 11.5. The lowest BCUT2D eigenvalue weighted by Crippen LogP contribution is -2.22. The highest BCUT2D eigenvalue weighted by Gasteiger charge is 2.19. The van der Waals surface area contributed by atoms with E-state index < -0.39 is 0 Å². The van der Waals surface area contributed by atoms with Crippen molar-refractivity contribution in [1.29, 1.82) is 0 Å². The minimum Gasteiger partial charge on any atom is -0.369 e. The number of aromatic nitrogens is 2. The summed E-state index contributed by atoms with van der Waals surface area (Å²) < 4.78 is 6.04. The van der Waals surface area contributed by atoms with Gasteiger partial charge in [0.25, 0.3) is 5.56 Å². The number of thioether (sulfide) groups is 1. The molecule has 0 aliphatic carbocycles. The van der Waals surface area contributed by atoms with E-state index in [9.17, 15) is 4.79 Å². The molecule has 1 unspecified atom stereocenters. The number of hydrogen-bond donors (Lipinski definition) is 1. The van der Waals surface area contributed by atoms with Crippen LogP contribution in [-0.4, -0.2) is 28.1 Å². The van der Waals surface area contributed by atoms with Gasteiger partial charge in [-0.2, -0.15) is 11.8 Å². The maximum atomic E-state index is 11.5. The molecule has 2 rings (SSSR count). The zero-order valence-electron chi connectivity index (χ0n) is 8.25. The number of halogens is 1. The van der Waals surface area contributed by atoms with E-state index in [-0.39, 0.29) is 11.7 Å². The van der Waals surface area contributed by atoms with Crippen molar-refractivity contribution in [3.05, 3.63) is 26.3 Å². The van der Waals surface area contributed by atoms with Crippen LogP contribution in [0.2, 0.25) is 0 Å². The molecule has 1 aliphatic rings. The number of H-pyrrole nitrogens is 1. The molecular weight excluding hydrogens is 280 g/mol. The summed E-state index contributed by atoms with van der Waals surface area (Å²) in [5.41, 5.74) is 0.560. The molecule has 1 aromatic rings. The van der Waals surface area contributed by atoms with Gasteiger partial charge in [0.15, 0.2) is 0 Å². The molecule has 15 heavy (non-hydrogen) atoms. The number of nitrogens with zero attached hydrogens (tertiary/aromatic N) is 1. The fraction of sp³-hybridized carbons (Fsp3) is 0.556. The highest BCUT2D eigenvalue weighted by Crippen LogP contribution is 2.24. The number of aryl methyl sites for hydroxylation is 1. The van der Waals surface area contributed by atoms with Crippen molar-refractivity contribution in [2.75, 3.05) is 18.1 Å². The normalized spacial score (nSPS) is 21.6. The smallest absolute Gasteiger partial charge is 0.265 e. The summed E-state index contributed by atoms with van der Waals surface area (Å²) in [5.74, 6) is 2.49. The molecule has 1 N–H and O–H groups in total. The Labute approximate surface area is 100.0 Å². The Kier molecular flexibility index (Phi) is 3.48. The predicted molar refractivity (Wildman–Crippen MR) is 63.3 cm³/mol. The van der Waals surface area contributed by atoms with Crippen LogP contribution in [0.1, 0.15) is 17.6 Å². The van der Waals surface area contributed by atoms with Crippen LogP contribution in [0.25, 0.3) is 0 Å². The van der Waals surface area contributed by atoms with Crippen molar-refractivity contribution in [2.24, 2.45) is 0 Å². The van der Waals surface area contributed by atoms with Crippen LogP contribution in [0, 0.1) is 6.92 Å². The molecule has 0 radical (unpaired) electrons. The highest BCUT2D eigenvalue weighted by atomic mass is 79.9. The maximum Gasteiger partial charge on any atom is 0.265 e. The van der Waals surface area contributed by atoms with Crippen molar-refractivity contribution in [1.82, 2.24) is 9.97 Å². The third-order valence-corrected chi connectivity index (χ3v) is 4.10. The van der Waals surface area contributed by atoms with Crippen molar-refractivity contribution >= 4 is 27.7 Å². The Bertz CT molecular complexity index is 415. The Hall–Kier alpha value is -0.330. The number of ether oxygens (including phenoxy) is 1. The van der Waals surface area contributed by atoms with Gasteiger partial charge >= 0.3 is 0 Å². The topological polar surface area (TPSA) is 55.0 Å². The SMILES string of the molecule is Cc1nc(C2CSCCO2)[nH]c(=O)c1Br. The molecule has 1 aromatic heterocycles. The average molecular weight is 291 g/mol. The average Bonchev–Trinajstić information content (AvgIpc) is 2.26. The zero-order valence-corrected chi connectivity index (χ0v) is 10.7. The van der Waals surface area contributed by atoms with Gasteiger partial charge in [-0.25, -0.2) is 4.98 Å². The first-order chi connectivity index (χ1) is 7.18. The van der Waals surface area contributed by atoms with Crippen molar-refractivity contribution in [2.45, 2.75) is 13.0 Å². The van der Waals surface area contributed by atoms with Crippen molar-refractivity contribution in [3.63, 3.8) is 0 Å². The fourth-order valence-electron chi connectivity index (χ4n) is 1.39. The van der Waals surface area contributed by atoms with Crippen LogP contribution < -0.4 is 5.56 Å². The molecule has 0 spiro atoms. The first kappa shape index (κ1) is 11.2. The van der Waals surface area contributed by atoms with Gasteiger partial charge in [-0.1, -0.05) is 0 Å². The molecule has 6 heteroatoms. The summed E-state index contributed by atoms with van der Waals surface area (Å²) in [5, 5.41) is 0. The van der Waals surface area contributed by atoms with E-state index in [1.54, 1.807) is 6.92 Å². The summed E-state index contributed by atoms with van der Waals surface area (Å²) in [6.07, 6.45) is -0.0803. The monoisotopic (exact) mass is 290 g/mol. The van der Waals surface area contributed by atoms with Gasteiger partial charge in [0.2, 0.25) is 0 Å². The van der Waals surface area contributed by atoms with E-state index in [0.29, 0.717) is 22.6 Å². The molecule has 2 heterocycles. The number of nitrogens with one attached hydrogen (secondary N) is 1. The van der Waals surface area contributed by atoms with Gasteiger partial charge in [-0.05, 0) is 22.9 Å². The summed E-state index contributed by atoms with van der Waals surface area (Å²) >= 11 is 5.00. The Balaban J connectivity index is 2.32. The van der Waals surface area contributed by atoms with Gasteiger partial charge in [0.05, 0.1) is 12.3 Å². The molecule has 1 aliphatic heterocycles.